The Morgan fingerprint density at radius 1 is 1.09 bits per heavy atom. The molecule has 35 heavy (non-hydrogen) atoms. The summed E-state index contributed by atoms with van der Waals surface area (Å²) in [4.78, 5) is 19.4. The Hall–Kier alpha value is -3.42. The normalized spacial score (nSPS) is 15.7. The smallest absolute Gasteiger partial charge is 0.271 e. The van der Waals surface area contributed by atoms with Gasteiger partial charge in [-0.25, -0.2) is 10.4 Å². The van der Waals surface area contributed by atoms with Gasteiger partial charge in [0.25, 0.3) is 5.91 Å². The van der Waals surface area contributed by atoms with Gasteiger partial charge in [-0.15, -0.1) is 11.3 Å². The molecule has 0 radical (unpaired) electrons. The Bertz CT molecular complexity index is 1400. The Morgan fingerprint density at radius 2 is 1.83 bits per heavy atom. The van der Waals surface area contributed by atoms with Crippen molar-refractivity contribution in [1.82, 2.24) is 10.4 Å². The number of benzene rings is 3. The SMILES string of the molecule is CN1/C(=C/C=N\NC(=O)c2ccc(CSc3nc4ccccc4s3)cc2)C(C)(C)c2ccccc21. The molecule has 4 aromatic rings. The molecule has 2 heterocycles. The van der Waals surface area contributed by atoms with E-state index in [0.29, 0.717) is 5.56 Å². The zero-order valence-electron chi connectivity index (χ0n) is 19.9. The molecule has 0 fully saturated rings. The number of rotatable bonds is 6. The number of para-hydroxylation sites is 2. The number of carbonyl (C=O) groups is 1. The van der Waals surface area contributed by atoms with Crippen LogP contribution in [0.25, 0.3) is 10.2 Å². The minimum absolute atomic E-state index is 0.124. The van der Waals surface area contributed by atoms with Gasteiger partial charge < -0.3 is 4.90 Å². The number of carbonyl (C=O) groups excluding carboxylic acids is 1. The van der Waals surface area contributed by atoms with E-state index in [4.69, 9.17) is 0 Å². The molecule has 0 aliphatic carbocycles. The van der Waals surface area contributed by atoms with Crippen LogP contribution in [0.1, 0.15) is 35.3 Å². The van der Waals surface area contributed by atoms with Crippen LogP contribution < -0.4 is 10.3 Å². The molecule has 1 amide bonds. The second-order valence-corrected chi connectivity index (χ2v) is 11.2. The van der Waals surface area contributed by atoms with Gasteiger partial charge >= 0.3 is 0 Å². The Labute approximate surface area is 213 Å². The summed E-state index contributed by atoms with van der Waals surface area (Å²) < 4.78 is 2.25. The van der Waals surface area contributed by atoms with Crippen LogP contribution in [0.3, 0.4) is 0 Å². The lowest BCUT2D eigenvalue weighted by atomic mass is 9.84. The molecule has 1 aliphatic rings. The van der Waals surface area contributed by atoms with Crippen LogP contribution in [0.4, 0.5) is 5.69 Å². The van der Waals surface area contributed by atoms with Crippen molar-refractivity contribution in [2.75, 3.05) is 11.9 Å². The Kier molecular flexibility index (Phi) is 6.45. The summed E-state index contributed by atoms with van der Waals surface area (Å²) in [5.41, 5.74) is 8.88. The first kappa shape index (κ1) is 23.3. The summed E-state index contributed by atoms with van der Waals surface area (Å²) in [5, 5.41) is 4.15. The molecule has 0 saturated heterocycles. The number of hydrogen-bond acceptors (Lipinski definition) is 6. The third-order valence-corrected chi connectivity index (χ3v) is 8.52. The maximum Gasteiger partial charge on any atom is 0.271 e. The number of nitrogens with one attached hydrogen (secondary N) is 1. The summed E-state index contributed by atoms with van der Waals surface area (Å²) in [6.07, 6.45) is 3.61. The molecule has 3 aromatic carbocycles. The van der Waals surface area contributed by atoms with Gasteiger partial charge in [0.15, 0.2) is 4.34 Å². The number of likely N-dealkylation sites (N-methyl/N-ethyl adjacent to an activating group) is 1. The standard InChI is InChI=1S/C28H26N4OS2/c1-28(2)21-8-4-6-10-23(21)32(3)25(28)16-17-29-31-26(33)20-14-12-19(13-15-20)18-34-27-30-22-9-5-7-11-24(22)35-27/h4-17H,18H2,1-3H3,(H,31,33)/b25-16+,29-17-. The van der Waals surface area contributed by atoms with Gasteiger partial charge in [-0.1, -0.05) is 68.1 Å². The van der Waals surface area contributed by atoms with Crippen molar-refractivity contribution in [2.24, 2.45) is 5.10 Å². The van der Waals surface area contributed by atoms with Crippen molar-refractivity contribution in [3.63, 3.8) is 0 Å². The number of amides is 1. The fourth-order valence-electron chi connectivity index (χ4n) is 4.38. The van der Waals surface area contributed by atoms with Gasteiger partial charge in [0.1, 0.15) is 0 Å². The minimum Gasteiger partial charge on any atom is -0.347 e. The van der Waals surface area contributed by atoms with Crippen LogP contribution in [-0.4, -0.2) is 24.2 Å². The summed E-state index contributed by atoms with van der Waals surface area (Å²) in [5.74, 6) is 0.575. The van der Waals surface area contributed by atoms with Crippen molar-refractivity contribution in [2.45, 2.75) is 29.4 Å². The predicted molar refractivity (Wildman–Crippen MR) is 148 cm³/mol. The number of anilines is 1. The first-order valence-electron chi connectivity index (χ1n) is 11.4. The van der Waals surface area contributed by atoms with Crippen molar-refractivity contribution in [3.8, 4) is 0 Å². The van der Waals surface area contributed by atoms with E-state index in [-0.39, 0.29) is 11.3 Å². The summed E-state index contributed by atoms with van der Waals surface area (Å²) in [6.45, 7) is 4.40. The fraction of sp³-hybridized carbons (Fsp3) is 0.179. The van der Waals surface area contributed by atoms with Crippen LogP contribution in [0.15, 0.2) is 94.0 Å². The molecular formula is C28H26N4OS2. The number of aromatic nitrogens is 1. The van der Waals surface area contributed by atoms with Gasteiger partial charge in [0, 0.05) is 41.4 Å². The van der Waals surface area contributed by atoms with E-state index in [1.165, 1.54) is 16.0 Å². The number of hydrazone groups is 1. The van der Waals surface area contributed by atoms with E-state index < -0.39 is 0 Å². The van der Waals surface area contributed by atoms with Gasteiger partial charge in [0.2, 0.25) is 0 Å². The van der Waals surface area contributed by atoms with E-state index in [9.17, 15) is 4.79 Å². The Morgan fingerprint density at radius 3 is 2.60 bits per heavy atom. The molecule has 0 saturated carbocycles. The molecule has 1 aliphatic heterocycles. The number of allylic oxidation sites excluding steroid dienone is 2. The molecule has 0 bridgehead atoms. The molecule has 5 rings (SSSR count). The molecular weight excluding hydrogens is 472 g/mol. The highest BCUT2D eigenvalue weighted by molar-refractivity contribution is 8.00. The summed E-state index contributed by atoms with van der Waals surface area (Å²) in [7, 11) is 2.06. The quantitative estimate of drug-likeness (QED) is 0.184. The molecule has 1 aromatic heterocycles. The third-order valence-electron chi connectivity index (χ3n) is 6.27. The topological polar surface area (TPSA) is 57.6 Å². The van der Waals surface area contributed by atoms with Crippen LogP contribution in [0, 0.1) is 0 Å². The highest BCUT2D eigenvalue weighted by Gasteiger charge is 2.37. The van der Waals surface area contributed by atoms with Gasteiger partial charge in [-0.05, 0) is 47.5 Å². The van der Waals surface area contributed by atoms with Crippen molar-refractivity contribution >= 4 is 51.1 Å². The highest BCUT2D eigenvalue weighted by Crippen LogP contribution is 2.46. The average molecular weight is 499 g/mol. The van der Waals surface area contributed by atoms with E-state index in [1.54, 1.807) is 29.3 Å². The lowest BCUT2D eigenvalue weighted by Crippen LogP contribution is -2.23. The van der Waals surface area contributed by atoms with Gasteiger partial charge in [-0.2, -0.15) is 5.10 Å². The second-order valence-electron chi connectivity index (χ2n) is 8.91. The van der Waals surface area contributed by atoms with Crippen LogP contribution in [-0.2, 0) is 11.2 Å². The summed E-state index contributed by atoms with van der Waals surface area (Å²) >= 11 is 3.42. The van der Waals surface area contributed by atoms with Crippen molar-refractivity contribution < 1.29 is 4.79 Å². The first-order valence-corrected chi connectivity index (χ1v) is 13.2. The lowest BCUT2D eigenvalue weighted by Gasteiger charge is -2.23. The van der Waals surface area contributed by atoms with E-state index in [2.05, 4.69) is 65.6 Å². The van der Waals surface area contributed by atoms with Crippen LogP contribution >= 0.6 is 23.1 Å². The third kappa shape index (κ3) is 4.74. The molecule has 7 heteroatoms. The highest BCUT2D eigenvalue weighted by atomic mass is 32.2. The monoisotopic (exact) mass is 498 g/mol. The predicted octanol–water partition coefficient (Wildman–Crippen LogP) is 6.62. The largest absolute Gasteiger partial charge is 0.347 e. The molecule has 176 valence electrons. The lowest BCUT2D eigenvalue weighted by molar-refractivity contribution is 0.0955. The maximum absolute atomic E-state index is 12.5. The van der Waals surface area contributed by atoms with Crippen molar-refractivity contribution in [3.05, 3.63) is 101 Å². The minimum atomic E-state index is -0.229. The number of fused-ring (bicyclic) bond motifs is 2. The molecule has 5 nitrogen and oxygen atoms in total. The molecule has 0 spiro atoms. The zero-order valence-corrected chi connectivity index (χ0v) is 21.5. The number of thioether (sulfide) groups is 1. The average Bonchev–Trinajstić information content (AvgIpc) is 3.37. The van der Waals surface area contributed by atoms with E-state index >= 15 is 0 Å². The molecule has 0 unspecified atom stereocenters. The van der Waals surface area contributed by atoms with Crippen molar-refractivity contribution in [1.29, 1.82) is 0 Å². The van der Waals surface area contributed by atoms with E-state index in [1.807, 2.05) is 54.6 Å². The second kappa shape index (κ2) is 9.68. The molecule has 0 atom stereocenters. The maximum atomic E-state index is 12.5. The van der Waals surface area contributed by atoms with Crippen LogP contribution in [0.5, 0.6) is 0 Å². The summed E-state index contributed by atoms with van der Waals surface area (Å²) in [6, 6.07) is 24.2. The van der Waals surface area contributed by atoms with Gasteiger partial charge in [0.05, 0.1) is 10.2 Å². The number of hydrogen-bond donors (Lipinski definition) is 1. The molecule has 1 N–H and O–H groups in total. The van der Waals surface area contributed by atoms with Crippen LogP contribution in [0.2, 0.25) is 0 Å². The number of thiazole rings is 1. The number of nitrogens with zero attached hydrogens (tertiary/aromatic N) is 3. The van der Waals surface area contributed by atoms with E-state index in [0.717, 1.165) is 26.9 Å². The Balaban J connectivity index is 1.17. The first-order chi connectivity index (χ1) is 16.9. The fourth-order valence-corrected chi connectivity index (χ4v) is 6.40. The zero-order chi connectivity index (χ0) is 24.4. The van der Waals surface area contributed by atoms with Gasteiger partial charge in [-0.3, -0.25) is 4.79 Å².